The Balaban J connectivity index is 0.000000713. The lowest BCUT2D eigenvalue weighted by Crippen LogP contribution is -2.36. The van der Waals surface area contributed by atoms with E-state index in [1.54, 1.807) is 21.1 Å². The molecule has 156 valence electrons. The molecule has 0 saturated carbocycles. The maximum absolute atomic E-state index is 12.4. The molecule has 7 nitrogen and oxygen atoms in total. The topological polar surface area (TPSA) is 89.9 Å². The van der Waals surface area contributed by atoms with Crippen molar-refractivity contribution in [3.63, 3.8) is 0 Å². The minimum atomic E-state index is -5.84. The van der Waals surface area contributed by atoms with Gasteiger partial charge in [0.15, 0.2) is 11.4 Å². The Morgan fingerprint density at radius 1 is 1.07 bits per heavy atom. The van der Waals surface area contributed by atoms with Gasteiger partial charge < -0.3 is 9.47 Å². The lowest BCUT2D eigenvalue weighted by molar-refractivity contribution is -0.274. The van der Waals surface area contributed by atoms with Gasteiger partial charge >= 0.3 is 28.0 Å². The van der Waals surface area contributed by atoms with Crippen LogP contribution < -0.4 is 9.22 Å². The van der Waals surface area contributed by atoms with Gasteiger partial charge in [0.05, 0.1) is 33.8 Å². The predicted molar refractivity (Wildman–Crippen MR) is 81.6 cm³/mol. The number of esters is 1. The van der Waals surface area contributed by atoms with Gasteiger partial charge in [-0.3, -0.25) is 9.04 Å². The standard InChI is InChI=1S/C12H15F3NO3.CHF3O3S/c1-16(2,3)9-6-5-8(11(17)18-4)7-10(9)19-12(13,14)15;2-1(3,4)8(5,6)7/h5-7H,1-4H3;(H,5,6,7)/q+1;. The van der Waals surface area contributed by atoms with E-state index in [0.717, 1.165) is 13.2 Å². The predicted octanol–water partition coefficient (Wildman–Crippen LogP) is 2.96. The monoisotopic (exact) mass is 428 g/mol. The van der Waals surface area contributed by atoms with E-state index in [1.165, 1.54) is 12.1 Å². The Hall–Kier alpha value is -2.06. The minimum absolute atomic E-state index is 0.000972. The number of benzene rings is 1. The average molecular weight is 428 g/mol. The van der Waals surface area contributed by atoms with E-state index in [4.69, 9.17) is 13.0 Å². The molecule has 1 aromatic rings. The Kier molecular flexibility index (Phi) is 7.67. The van der Waals surface area contributed by atoms with Crippen molar-refractivity contribution in [1.29, 1.82) is 0 Å². The zero-order valence-corrected chi connectivity index (χ0v) is 15.2. The van der Waals surface area contributed by atoms with Crippen LogP contribution in [-0.4, -0.2) is 59.1 Å². The van der Waals surface area contributed by atoms with Gasteiger partial charge in [-0.1, -0.05) is 0 Å². The molecule has 1 N–H and O–H groups in total. The van der Waals surface area contributed by atoms with E-state index in [-0.39, 0.29) is 10.0 Å². The first-order valence-corrected chi connectivity index (χ1v) is 8.07. The van der Waals surface area contributed by atoms with Gasteiger partial charge in [-0.15, -0.1) is 13.2 Å². The van der Waals surface area contributed by atoms with Crippen LogP contribution in [0.2, 0.25) is 0 Å². The van der Waals surface area contributed by atoms with Gasteiger partial charge in [0, 0.05) is 12.1 Å². The highest BCUT2D eigenvalue weighted by Crippen LogP contribution is 2.35. The molecule has 1 rings (SSSR count). The zero-order valence-electron chi connectivity index (χ0n) is 14.3. The van der Waals surface area contributed by atoms with E-state index >= 15 is 0 Å². The molecule has 0 amide bonds. The smallest absolute Gasteiger partial charge is 0.465 e. The molecule has 0 aliphatic carbocycles. The summed E-state index contributed by atoms with van der Waals surface area (Å²) in [5, 5.41) is 0. The highest BCUT2D eigenvalue weighted by Gasteiger charge is 2.44. The highest BCUT2D eigenvalue weighted by atomic mass is 32.2. The second-order valence-electron chi connectivity index (χ2n) is 5.66. The van der Waals surface area contributed by atoms with Crippen molar-refractivity contribution >= 4 is 21.8 Å². The van der Waals surface area contributed by atoms with Crippen molar-refractivity contribution < 1.29 is 53.6 Å². The molecule has 0 atom stereocenters. The second kappa shape index (κ2) is 8.31. The van der Waals surface area contributed by atoms with Crippen LogP contribution in [0.5, 0.6) is 5.75 Å². The molecule has 0 unspecified atom stereocenters. The molecule has 0 saturated heterocycles. The second-order valence-corrected chi connectivity index (χ2v) is 7.07. The Bertz CT molecular complexity index is 767. The number of nitrogens with zero attached hydrogens (tertiary/aromatic N) is 1. The Labute approximate surface area is 150 Å². The molecule has 0 radical (unpaired) electrons. The third kappa shape index (κ3) is 8.45. The fraction of sp³-hybridized carbons (Fsp3) is 0.462. The molecular formula is C13H16F6NO6S+. The third-order valence-electron chi connectivity index (χ3n) is 2.62. The summed E-state index contributed by atoms with van der Waals surface area (Å²) in [7, 11) is 0.385. The lowest BCUT2D eigenvalue weighted by Gasteiger charge is -2.26. The van der Waals surface area contributed by atoms with Crippen LogP contribution in [0, 0.1) is 0 Å². The first kappa shape index (κ1) is 24.9. The molecule has 14 heteroatoms. The van der Waals surface area contributed by atoms with Crippen LogP contribution >= 0.6 is 0 Å². The molecule has 0 fully saturated rings. The number of halogens is 6. The summed E-state index contributed by atoms with van der Waals surface area (Å²) >= 11 is 0. The fourth-order valence-electron chi connectivity index (χ4n) is 1.52. The summed E-state index contributed by atoms with van der Waals surface area (Å²) in [5.74, 6) is -1.14. The van der Waals surface area contributed by atoms with E-state index in [9.17, 15) is 31.1 Å². The number of carbonyl (C=O) groups is 1. The SMILES string of the molecule is COC(=O)c1ccc([N+](C)(C)C)c(OC(F)(F)F)c1.O=S(=O)(O)C(F)(F)F. The van der Waals surface area contributed by atoms with Crippen molar-refractivity contribution in [3.05, 3.63) is 23.8 Å². The minimum Gasteiger partial charge on any atom is -0.465 e. The van der Waals surface area contributed by atoms with Gasteiger partial charge in [-0.25, -0.2) is 4.79 Å². The normalized spacial score (nSPS) is 12.7. The van der Waals surface area contributed by atoms with Crippen molar-refractivity contribution in [3.8, 4) is 5.75 Å². The van der Waals surface area contributed by atoms with Crippen LogP contribution in [0.3, 0.4) is 0 Å². The maximum Gasteiger partial charge on any atom is 0.573 e. The summed E-state index contributed by atoms with van der Waals surface area (Å²) < 4.78 is 103. The van der Waals surface area contributed by atoms with E-state index < -0.39 is 33.7 Å². The van der Waals surface area contributed by atoms with E-state index in [1.807, 2.05) is 0 Å². The summed E-state index contributed by atoms with van der Waals surface area (Å²) in [4.78, 5) is 11.3. The zero-order chi connectivity index (χ0) is 21.8. The van der Waals surface area contributed by atoms with E-state index in [0.29, 0.717) is 5.69 Å². The number of rotatable bonds is 3. The third-order valence-corrected chi connectivity index (χ3v) is 3.21. The quantitative estimate of drug-likeness (QED) is 0.262. The number of methoxy groups -OCH3 is 1. The number of hydrogen-bond acceptors (Lipinski definition) is 5. The summed E-state index contributed by atoms with van der Waals surface area (Å²) in [5.41, 5.74) is -5.24. The lowest BCUT2D eigenvalue weighted by atomic mass is 10.1. The maximum atomic E-state index is 12.4. The first-order chi connectivity index (χ1) is 11.8. The van der Waals surface area contributed by atoms with Crippen LogP contribution in [0.1, 0.15) is 10.4 Å². The van der Waals surface area contributed by atoms with Gasteiger partial charge in [0.25, 0.3) is 0 Å². The molecule has 0 aliphatic heterocycles. The first-order valence-electron chi connectivity index (χ1n) is 6.63. The largest absolute Gasteiger partial charge is 0.573 e. The number of ether oxygens (including phenoxy) is 2. The number of hydrogen-bond donors (Lipinski definition) is 1. The fourth-order valence-corrected chi connectivity index (χ4v) is 1.52. The molecular weight excluding hydrogens is 412 g/mol. The molecule has 0 heterocycles. The molecule has 1 aromatic carbocycles. The number of carbonyl (C=O) groups excluding carboxylic acids is 1. The molecule has 0 aromatic heterocycles. The number of alkyl halides is 6. The van der Waals surface area contributed by atoms with Crippen LogP contribution in [0.25, 0.3) is 0 Å². The van der Waals surface area contributed by atoms with Crippen molar-refractivity contribution in [2.75, 3.05) is 28.3 Å². The molecule has 0 aliphatic rings. The van der Waals surface area contributed by atoms with Gasteiger partial charge in [-0.05, 0) is 6.07 Å². The van der Waals surface area contributed by atoms with Crippen LogP contribution in [0.15, 0.2) is 18.2 Å². The summed E-state index contributed by atoms with van der Waals surface area (Å²) in [6.07, 6.45) is -4.82. The van der Waals surface area contributed by atoms with Gasteiger partial charge in [0.2, 0.25) is 0 Å². The van der Waals surface area contributed by atoms with Gasteiger partial charge in [-0.2, -0.15) is 21.6 Å². The van der Waals surface area contributed by atoms with Crippen LogP contribution in [0.4, 0.5) is 32.0 Å². The summed E-state index contributed by atoms with van der Waals surface area (Å²) in [6.45, 7) is 0. The van der Waals surface area contributed by atoms with Gasteiger partial charge in [0.1, 0.15) is 0 Å². The summed E-state index contributed by atoms with van der Waals surface area (Å²) in [6, 6.07) is 3.83. The highest BCUT2D eigenvalue weighted by molar-refractivity contribution is 7.86. The molecule has 0 bridgehead atoms. The Morgan fingerprint density at radius 3 is 1.81 bits per heavy atom. The molecule has 27 heavy (non-hydrogen) atoms. The average Bonchev–Trinajstić information content (AvgIpc) is 2.41. The van der Waals surface area contributed by atoms with Crippen molar-refractivity contribution in [2.24, 2.45) is 0 Å². The molecule has 0 spiro atoms. The van der Waals surface area contributed by atoms with Crippen molar-refractivity contribution in [1.82, 2.24) is 4.48 Å². The van der Waals surface area contributed by atoms with Crippen LogP contribution in [-0.2, 0) is 14.9 Å². The van der Waals surface area contributed by atoms with E-state index in [2.05, 4.69) is 9.47 Å². The number of quaternary nitrogens is 1. The Morgan fingerprint density at radius 2 is 1.52 bits per heavy atom. The van der Waals surface area contributed by atoms with Crippen molar-refractivity contribution in [2.45, 2.75) is 11.9 Å².